The van der Waals surface area contributed by atoms with E-state index in [-0.39, 0.29) is 24.1 Å². The van der Waals surface area contributed by atoms with E-state index in [0.717, 1.165) is 42.2 Å². The molecular formula is C24H26N4O3. The Hall–Kier alpha value is -3.03. The number of amides is 1. The molecule has 1 aromatic heterocycles. The van der Waals surface area contributed by atoms with Crippen molar-refractivity contribution < 1.29 is 15.0 Å². The zero-order valence-corrected chi connectivity index (χ0v) is 17.2. The molecule has 160 valence electrons. The first kappa shape index (κ1) is 19.9. The highest BCUT2D eigenvalue weighted by Crippen LogP contribution is 2.31. The number of aromatic nitrogens is 2. The number of aliphatic hydroxyl groups excluding tert-OH is 2. The molecule has 0 saturated heterocycles. The Morgan fingerprint density at radius 2 is 1.81 bits per heavy atom. The molecule has 1 saturated carbocycles. The predicted molar refractivity (Wildman–Crippen MR) is 118 cm³/mol. The van der Waals surface area contributed by atoms with Crippen LogP contribution in [0.4, 0.5) is 5.95 Å². The molecule has 0 aliphatic heterocycles. The van der Waals surface area contributed by atoms with Crippen molar-refractivity contribution in [3.8, 4) is 0 Å². The van der Waals surface area contributed by atoms with Gasteiger partial charge in [-0.1, -0.05) is 36.4 Å². The molecule has 1 heterocycles. The van der Waals surface area contributed by atoms with Crippen LogP contribution in [0.15, 0.2) is 48.7 Å². The van der Waals surface area contributed by atoms with Gasteiger partial charge in [-0.25, -0.2) is 9.97 Å². The largest absolute Gasteiger partial charge is 0.393 e. The lowest BCUT2D eigenvalue weighted by Crippen LogP contribution is -2.38. The summed E-state index contributed by atoms with van der Waals surface area (Å²) < 4.78 is 0. The fraction of sp³-hybridized carbons (Fsp3) is 0.375. The molecule has 0 bridgehead atoms. The lowest BCUT2D eigenvalue weighted by Gasteiger charge is -2.26. The smallest absolute Gasteiger partial charge is 0.253 e. The quantitative estimate of drug-likeness (QED) is 0.519. The van der Waals surface area contributed by atoms with Gasteiger partial charge in [-0.05, 0) is 49.3 Å². The minimum Gasteiger partial charge on any atom is -0.393 e. The van der Waals surface area contributed by atoms with Gasteiger partial charge in [-0.15, -0.1) is 0 Å². The Labute approximate surface area is 180 Å². The van der Waals surface area contributed by atoms with E-state index in [4.69, 9.17) is 0 Å². The second-order valence-corrected chi connectivity index (χ2v) is 8.51. The van der Waals surface area contributed by atoms with Crippen molar-refractivity contribution in [2.45, 2.75) is 56.4 Å². The van der Waals surface area contributed by atoms with E-state index in [1.54, 1.807) is 12.3 Å². The molecule has 31 heavy (non-hydrogen) atoms. The summed E-state index contributed by atoms with van der Waals surface area (Å²) in [5.74, 6) is 0.232. The number of nitrogens with one attached hydrogen (secondary N) is 2. The van der Waals surface area contributed by atoms with Crippen LogP contribution in [0.5, 0.6) is 0 Å². The SMILES string of the molecule is O=C(N[C@@H]1Cc2ccccc2[C@H]1O)c1cccc2cnc(NC3CCC(O)CC3)nc12. The summed E-state index contributed by atoms with van der Waals surface area (Å²) in [6.07, 6.45) is 4.65. The number of carbonyl (C=O) groups excluding carboxylic acids is 1. The van der Waals surface area contributed by atoms with Gasteiger partial charge in [0.05, 0.1) is 29.3 Å². The third kappa shape index (κ3) is 3.98. The van der Waals surface area contributed by atoms with Crippen molar-refractivity contribution in [2.75, 3.05) is 5.32 Å². The number of fused-ring (bicyclic) bond motifs is 2. The van der Waals surface area contributed by atoms with Gasteiger partial charge in [-0.3, -0.25) is 4.79 Å². The monoisotopic (exact) mass is 418 g/mol. The maximum absolute atomic E-state index is 13.1. The number of aliphatic hydroxyl groups is 2. The van der Waals surface area contributed by atoms with Gasteiger partial charge in [0.1, 0.15) is 0 Å². The van der Waals surface area contributed by atoms with E-state index in [1.807, 2.05) is 36.4 Å². The summed E-state index contributed by atoms with van der Waals surface area (Å²) in [6, 6.07) is 13.0. The zero-order chi connectivity index (χ0) is 21.4. The van der Waals surface area contributed by atoms with Crippen LogP contribution in [0.1, 0.15) is 53.3 Å². The molecular weight excluding hydrogens is 392 g/mol. The van der Waals surface area contributed by atoms with Crippen LogP contribution < -0.4 is 10.6 Å². The zero-order valence-electron chi connectivity index (χ0n) is 17.2. The number of carbonyl (C=O) groups is 1. The standard InChI is InChI=1S/C24H26N4O3/c29-17-10-8-16(9-11-17)26-24-25-13-15-5-3-7-19(21(15)28-24)23(31)27-20-12-14-4-1-2-6-18(14)22(20)30/h1-7,13,16-17,20,22,29-30H,8-12H2,(H,27,31)(H,25,26,28)/t16?,17?,20-,22-/m1/s1. The number of hydrogen-bond acceptors (Lipinski definition) is 6. The van der Waals surface area contributed by atoms with Gasteiger partial charge in [-0.2, -0.15) is 0 Å². The van der Waals surface area contributed by atoms with Crippen LogP contribution in [0, 0.1) is 0 Å². The molecule has 7 nitrogen and oxygen atoms in total. The first-order valence-corrected chi connectivity index (χ1v) is 10.9. The van der Waals surface area contributed by atoms with Crippen LogP contribution in [0.3, 0.4) is 0 Å². The first-order valence-electron chi connectivity index (χ1n) is 10.9. The van der Waals surface area contributed by atoms with E-state index in [9.17, 15) is 15.0 Å². The highest BCUT2D eigenvalue weighted by Gasteiger charge is 2.32. The van der Waals surface area contributed by atoms with E-state index >= 15 is 0 Å². The third-order valence-electron chi connectivity index (χ3n) is 6.40. The molecule has 2 aliphatic rings. The van der Waals surface area contributed by atoms with Crippen LogP contribution >= 0.6 is 0 Å². The summed E-state index contributed by atoms with van der Waals surface area (Å²) in [4.78, 5) is 22.2. The van der Waals surface area contributed by atoms with Crippen molar-refractivity contribution in [3.63, 3.8) is 0 Å². The van der Waals surface area contributed by atoms with Gasteiger partial charge in [0.15, 0.2) is 0 Å². The Morgan fingerprint density at radius 1 is 1.00 bits per heavy atom. The minimum atomic E-state index is -0.719. The summed E-state index contributed by atoms with van der Waals surface area (Å²) in [6.45, 7) is 0. The van der Waals surface area contributed by atoms with Crippen LogP contribution in [0.25, 0.3) is 10.9 Å². The second-order valence-electron chi connectivity index (χ2n) is 8.51. The molecule has 1 fully saturated rings. The number of rotatable bonds is 4. The average molecular weight is 418 g/mol. The topological polar surface area (TPSA) is 107 Å². The molecule has 7 heteroatoms. The number of benzene rings is 2. The maximum Gasteiger partial charge on any atom is 0.253 e. The van der Waals surface area contributed by atoms with Crippen LogP contribution in [0.2, 0.25) is 0 Å². The fourth-order valence-corrected chi connectivity index (χ4v) is 4.66. The number of hydrogen-bond donors (Lipinski definition) is 4. The highest BCUT2D eigenvalue weighted by atomic mass is 16.3. The molecule has 4 N–H and O–H groups in total. The van der Waals surface area contributed by atoms with Gasteiger partial charge < -0.3 is 20.8 Å². The van der Waals surface area contributed by atoms with Crippen molar-refractivity contribution in [2.24, 2.45) is 0 Å². The first-order chi connectivity index (χ1) is 15.1. The lowest BCUT2D eigenvalue weighted by atomic mass is 9.93. The van der Waals surface area contributed by atoms with Gasteiger partial charge >= 0.3 is 0 Å². The molecule has 2 aromatic carbocycles. The molecule has 0 unspecified atom stereocenters. The lowest BCUT2D eigenvalue weighted by molar-refractivity contribution is 0.0860. The molecule has 0 spiro atoms. The summed E-state index contributed by atoms with van der Waals surface area (Å²) in [5.41, 5.74) is 2.98. The molecule has 2 aliphatic carbocycles. The van der Waals surface area contributed by atoms with E-state index in [0.29, 0.717) is 23.4 Å². The Kier molecular flexibility index (Phi) is 5.29. The average Bonchev–Trinajstić information content (AvgIpc) is 3.10. The molecule has 3 aromatic rings. The Bertz CT molecular complexity index is 1110. The van der Waals surface area contributed by atoms with Crippen LogP contribution in [-0.2, 0) is 6.42 Å². The van der Waals surface area contributed by atoms with Crippen LogP contribution in [-0.4, -0.2) is 44.3 Å². The van der Waals surface area contributed by atoms with Crippen molar-refractivity contribution in [1.29, 1.82) is 0 Å². The highest BCUT2D eigenvalue weighted by molar-refractivity contribution is 6.05. The molecule has 0 radical (unpaired) electrons. The van der Waals surface area contributed by atoms with E-state index < -0.39 is 6.10 Å². The number of anilines is 1. The summed E-state index contributed by atoms with van der Waals surface area (Å²) >= 11 is 0. The summed E-state index contributed by atoms with van der Waals surface area (Å²) in [7, 11) is 0. The number of para-hydroxylation sites is 1. The molecule has 5 rings (SSSR count). The summed E-state index contributed by atoms with van der Waals surface area (Å²) in [5, 5.41) is 27.5. The van der Waals surface area contributed by atoms with E-state index in [1.165, 1.54) is 0 Å². The third-order valence-corrected chi connectivity index (χ3v) is 6.40. The maximum atomic E-state index is 13.1. The van der Waals surface area contributed by atoms with Gasteiger partial charge in [0, 0.05) is 17.6 Å². The van der Waals surface area contributed by atoms with Gasteiger partial charge in [0.25, 0.3) is 5.91 Å². The minimum absolute atomic E-state index is 0.217. The van der Waals surface area contributed by atoms with E-state index in [2.05, 4.69) is 20.6 Å². The van der Waals surface area contributed by atoms with Crippen molar-refractivity contribution in [3.05, 3.63) is 65.4 Å². The molecule has 2 atom stereocenters. The molecule has 1 amide bonds. The predicted octanol–water partition coefficient (Wildman–Crippen LogP) is 2.73. The van der Waals surface area contributed by atoms with Crippen molar-refractivity contribution >= 4 is 22.8 Å². The Morgan fingerprint density at radius 3 is 2.61 bits per heavy atom. The normalized spacial score (nSPS) is 25.2. The van der Waals surface area contributed by atoms with Crippen molar-refractivity contribution in [1.82, 2.24) is 15.3 Å². The van der Waals surface area contributed by atoms with Gasteiger partial charge in [0.2, 0.25) is 5.95 Å². The second kappa shape index (κ2) is 8.24. The number of nitrogens with zero attached hydrogens (tertiary/aromatic N) is 2. The Balaban J connectivity index is 1.36. The fourth-order valence-electron chi connectivity index (χ4n) is 4.66.